The number of benzene rings is 1. The molecule has 7 nitrogen and oxygen atoms in total. The van der Waals surface area contributed by atoms with Gasteiger partial charge in [-0.2, -0.15) is 4.90 Å². The number of rotatable bonds is 2. The first kappa shape index (κ1) is 16.5. The van der Waals surface area contributed by atoms with Crippen molar-refractivity contribution in [2.75, 3.05) is 19.1 Å². The standard InChI is InChI=1S/C16H18N2O5/c1-16(2)12(10-13(19)21-3)23-14(17-16)18(15(20)22-4)11-8-6-5-7-9-11/h5-10H,1-4H3/b12-10+. The van der Waals surface area contributed by atoms with Crippen LogP contribution in [-0.4, -0.2) is 37.8 Å². The minimum Gasteiger partial charge on any atom is -0.466 e. The molecule has 0 spiro atoms. The first-order valence-electron chi connectivity index (χ1n) is 6.90. The summed E-state index contributed by atoms with van der Waals surface area (Å²) in [6.07, 6.45) is 0.557. The quantitative estimate of drug-likeness (QED) is 0.618. The smallest absolute Gasteiger partial charge is 0.422 e. The number of amidine groups is 1. The molecule has 122 valence electrons. The Morgan fingerprint density at radius 3 is 2.39 bits per heavy atom. The van der Waals surface area contributed by atoms with Crippen molar-refractivity contribution in [3.63, 3.8) is 0 Å². The number of amides is 1. The van der Waals surface area contributed by atoms with E-state index in [0.717, 1.165) is 0 Å². The largest absolute Gasteiger partial charge is 0.466 e. The Morgan fingerprint density at radius 1 is 1.17 bits per heavy atom. The van der Waals surface area contributed by atoms with Crippen molar-refractivity contribution in [3.05, 3.63) is 42.2 Å². The third-order valence-corrected chi connectivity index (χ3v) is 3.19. The van der Waals surface area contributed by atoms with E-state index in [-0.39, 0.29) is 11.8 Å². The minimum atomic E-state index is -0.815. The van der Waals surface area contributed by atoms with Gasteiger partial charge in [0.05, 0.1) is 26.0 Å². The number of anilines is 1. The van der Waals surface area contributed by atoms with Crippen LogP contribution in [0, 0.1) is 0 Å². The lowest BCUT2D eigenvalue weighted by Gasteiger charge is -2.19. The van der Waals surface area contributed by atoms with Crippen LogP contribution in [0.15, 0.2) is 47.2 Å². The number of aliphatic imine (C=N–C) groups is 1. The molecule has 1 heterocycles. The van der Waals surface area contributed by atoms with E-state index in [4.69, 9.17) is 9.47 Å². The Bertz CT molecular complexity index is 664. The highest BCUT2D eigenvalue weighted by Gasteiger charge is 2.39. The molecule has 2 rings (SSSR count). The summed E-state index contributed by atoms with van der Waals surface area (Å²) in [5.74, 6) is -0.280. The van der Waals surface area contributed by atoms with Gasteiger partial charge in [-0.1, -0.05) is 18.2 Å². The summed E-state index contributed by atoms with van der Waals surface area (Å²) in [4.78, 5) is 29.2. The number of methoxy groups -OCH3 is 2. The van der Waals surface area contributed by atoms with Crippen LogP contribution in [0.3, 0.4) is 0 Å². The zero-order chi connectivity index (χ0) is 17.0. The number of hydrogen-bond acceptors (Lipinski definition) is 6. The monoisotopic (exact) mass is 318 g/mol. The van der Waals surface area contributed by atoms with Gasteiger partial charge in [0.15, 0.2) is 0 Å². The number of hydrogen-bond donors (Lipinski definition) is 0. The molecule has 0 N–H and O–H groups in total. The summed E-state index contributed by atoms with van der Waals surface area (Å²) >= 11 is 0. The fourth-order valence-electron chi connectivity index (χ4n) is 1.97. The van der Waals surface area contributed by atoms with Crippen LogP contribution in [0.4, 0.5) is 10.5 Å². The lowest BCUT2D eigenvalue weighted by Crippen LogP contribution is -2.37. The van der Waals surface area contributed by atoms with E-state index in [9.17, 15) is 9.59 Å². The molecule has 1 amide bonds. The highest BCUT2D eigenvalue weighted by Crippen LogP contribution is 2.31. The van der Waals surface area contributed by atoms with Gasteiger partial charge in [-0.05, 0) is 26.0 Å². The number of carbonyl (C=O) groups excluding carboxylic acids is 2. The van der Waals surface area contributed by atoms with Gasteiger partial charge in [0.25, 0.3) is 0 Å². The molecule has 0 atom stereocenters. The molecule has 0 fully saturated rings. The highest BCUT2D eigenvalue weighted by molar-refractivity contribution is 6.12. The molecule has 0 aromatic heterocycles. The van der Waals surface area contributed by atoms with E-state index in [0.29, 0.717) is 5.69 Å². The van der Waals surface area contributed by atoms with Gasteiger partial charge in [0.2, 0.25) is 0 Å². The van der Waals surface area contributed by atoms with E-state index >= 15 is 0 Å². The molecule has 0 saturated carbocycles. The van der Waals surface area contributed by atoms with Crippen molar-refractivity contribution in [2.45, 2.75) is 19.4 Å². The van der Waals surface area contributed by atoms with E-state index < -0.39 is 17.6 Å². The van der Waals surface area contributed by atoms with Crippen LogP contribution in [0.1, 0.15) is 13.8 Å². The summed E-state index contributed by atoms with van der Waals surface area (Å²) in [6, 6.07) is 8.84. The minimum absolute atomic E-state index is 0.0307. The van der Waals surface area contributed by atoms with E-state index in [1.165, 1.54) is 25.2 Å². The van der Waals surface area contributed by atoms with E-state index in [1.807, 2.05) is 6.07 Å². The average Bonchev–Trinajstić information content (AvgIpc) is 2.82. The van der Waals surface area contributed by atoms with Crippen LogP contribution in [-0.2, 0) is 19.0 Å². The molecule has 1 aliphatic heterocycles. The van der Waals surface area contributed by atoms with Crippen molar-refractivity contribution in [2.24, 2.45) is 4.99 Å². The Labute approximate surface area is 134 Å². The Morgan fingerprint density at radius 2 is 1.83 bits per heavy atom. The van der Waals surface area contributed by atoms with Gasteiger partial charge in [-0.25, -0.2) is 14.6 Å². The molecular weight excluding hydrogens is 300 g/mol. The fourth-order valence-corrected chi connectivity index (χ4v) is 1.97. The van der Waals surface area contributed by atoms with E-state index in [2.05, 4.69) is 9.73 Å². The van der Waals surface area contributed by atoms with Gasteiger partial charge < -0.3 is 14.2 Å². The molecule has 0 unspecified atom stereocenters. The van der Waals surface area contributed by atoms with Crippen molar-refractivity contribution < 1.29 is 23.8 Å². The van der Waals surface area contributed by atoms with Gasteiger partial charge in [-0.3, -0.25) is 0 Å². The molecule has 0 bridgehead atoms. The Hall–Kier alpha value is -2.83. The number of ether oxygens (including phenoxy) is 3. The highest BCUT2D eigenvalue weighted by atomic mass is 16.6. The second-order valence-electron chi connectivity index (χ2n) is 5.23. The topological polar surface area (TPSA) is 77.4 Å². The van der Waals surface area contributed by atoms with Crippen LogP contribution in [0.2, 0.25) is 0 Å². The van der Waals surface area contributed by atoms with Crippen molar-refractivity contribution in [1.82, 2.24) is 0 Å². The van der Waals surface area contributed by atoms with Crippen LogP contribution in [0.25, 0.3) is 0 Å². The predicted molar refractivity (Wildman–Crippen MR) is 84.0 cm³/mol. The summed E-state index contributed by atoms with van der Waals surface area (Å²) in [7, 11) is 2.54. The first-order chi connectivity index (χ1) is 10.9. The predicted octanol–water partition coefficient (Wildman–Crippen LogP) is 2.48. The van der Waals surface area contributed by atoms with Gasteiger partial charge in [-0.15, -0.1) is 0 Å². The molecule has 0 radical (unpaired) electrons. The summed E-state index contributed by atoms with van der Waals surface area (Å²) in [5, 5.41) is 0. The first-order valence-corrected chi connectivity index (χ1v) is 6.90. The Balaban J connectivity index is 2.40. The summed E-state index contributed by atoms with van der Waals surface area (Å²) in [5.41, 5.74) is -0.280. The zero-order valence-electron chi connectivity index (χ0n) is 13.4. The average molecular weight is 318 g/mol. The van der Waals surface area contributed by atoms with Crippen LogP contribution in [0.5, 0.6) is 0 Å². The lowest BCUT2D eigenvalue weighted by molar-refractivity contribution is -0.135. The van der Waals surface area contributed by atoms with Crippen molar-refractivity contribution >= 4 is 23.8 Å². The molecule has 7 heteroatoms. The molecule has 1 aromatic rings. The van der Waals surface area contributed by atoms with Gasteiger partial charge >= 0.3 is 18.1 Å². The van der Waals surface area contributed by atoms with Gasteiger partial charge in [0.1, 0.15) is 11.3 Å². The van der Waals surface area contributed by atoms with Crippen LogP contribution >= 0.6 is 0 Å². The normalized spacial score (nSPS) is 17.2. The van der Waals surface area contributed by atoms with Crippen molar-refractivity contribution in [3.8, 4) is 0 Å². The third-order valence-electron chi connectivity index (χ3n) is 3.19. The van der Waals surface area contributed by atoms with E-state index in [1.54, 1.807) is 38.1 Å². The van der Waals surface area contributed by atoms with Crippen LogP contribution < -0.4 is 4.90 Å². The number of esters is 1. The second kappa shape index (κ2) is 6.51. The molecule has 1 aromatic carbocycles. The second-order valence-corrected chi connectivity index (χ2v) is 5.23. The Kier molecular flexibility index (Phi) is 4.68. The molecule has 1 aliphatic rings. The van der Waals surface area contributed by atoms with Gasteiger partial charge in [0, 0.05) is 0 Å². The molecule has 0 saturated heterocycles. The molecule has 0 aliphatic carbocycles. The maximum Gasteiger partial charge on any atom is 0.422 e. The maximum absolute atomic E-state index is 12.1. The maximum atomic E-state index is 12.1. The fraction of sp³-hybridized carbons (Fsp3) is 0.312. The number of carbonyl (C=O) groups is 2. The molecule has 23 heavy (non-hydrogen) atoms. The third kappa shape index (κ3) is 3.50. The lowest BCUT2D eigenvalue weighted by atomic mass is 10.0. The molecular formula is C16H18N2O5. The summed E-state index contributed by atoms with van der Waals surface area (Å²) in [6.45, 7) is 3.52. The number of para-hydroxylation sites is 1. The number of nitrogens with zero attached hydrogens (tertiary/aromatic N) is 2. The van der Waals surface area contributed by atoms with Crippen molar-refractivity contribution in [1.29, 1.82) is 0 Å². The zero-order valence-corrected chi connectivity index (χ0v) is 13.4. The summed E-state index contributed by atoms with van der Waals surface area (Å²) < 4.78 is 15.0. The SMILES string of the molecule is COC(=O)/C=C1/OC(N(C(=O)OC)c2ccccc2)=NC1(C)C.